The number of rotatable bonds is 1. The van der Waals surface area contributed by atoms with Crippen LogP contribution in [-0.2, 0) is 0 Å². The lowest BCUT2D eigenvalue weighted by molar-refractivity contribution is 0.188. The molecule has 0 radical (unpaired) electrons. The Bertz CT molecular complexity index is 821. The highest BCUT2D eigenvalue weighted by Gasteiger charge is 2.30. The molecule has 0 N–H and O–H groups in total. The number of benzene rings is 2. The minimum Gasteiger partial charge on any atom is -0.324 e. The van der Waals surface area contributed by atoms with E-state index in [1.165, 1.54) is 12.1 Å². The highest BCUT2D eigenvalue weighted by molar-refractivity contribution is 7.99. The summed E-state index contributed by atoms with van der Waals surface area (Å²) >= 11 is 1.78. The summed E-state index contributed by atoms with van der Waals surface area (Å²) in [6.45, 7) is 1.98. The average molecular weight is 374 g/mol. The monoisotopic (exact) mass is 374 g/mol. The first-order valence-corrected chi connectivity index (χ1v) is 9.85. The molecule has 0 atom stereocenters. The van der Waals surface area contributed by atoms with Gasteiger partial charge in [-0.2, -0.15) is 0 Å². The number of hydrogen-bond donors (Lipinski definition) is 0. The van der Waals surface area contributed by atoms with Crippen LogP contribution in [-0.4, -0.2) is 36.3 Å². The molecule has 0 unspecified atom stereocenters. The number of hydrogen-bond acceptors (Lipinski definition) is 2. The zero-order valence-electron chi connectivity index (χ0n) is 14.3. The van der Waals surface area contributed by atoms with Gasteiger partial charge in [0, 0.05) is 30.3 Å². The zero-order valence-corrected chi connectivity index (χ0v) is 15.1. The van der Waals surface area contributed by atoms with Crippen molar-refractivity contribution in [2.75, 3.05) is 30.3 Å². The number of halogens is 2. The molecular weight excluding hydrogens is 354 g/mol. The van der Waals surface area contributed by atoms with Gasteiger partial charge in [-0.05, 0) is 48.6 Å². The zero-order chi connectivity index (χ0) is 18.1. The molecule has 2 heterocycles. The highest BCUT2D eigenvalue weighted by atomic mass is 32.2. The molecule has 6 heteroatoms. The molecule has 0 aromatic heterocycles. The molecule has 26 heavy (non-hydrogen) atoms. The number of para-hydroxylation sites is 1. The van der Waals surface area contributed by atoms with E-state index < -0.39 is 11.6 Å². The molecule has 1 fully saturated rings. The Morgan fingerprint density at radius 2 is 1.77 bits per heavy atom. The second-order valence-corrected chi connectivity index (χ2v) is 7.82. The summed E-state index contributed by atoms with van der Waals surface area (Å²) in [5.74, 6) is -0.557. The van der Waals surface area contributed by atoms with Gasteiger partial charge in [0.25, 0.3) is 0 Å². The summed E-state index contributed by atoms with van der Waals surface area (Å²) in [5, 5.41) is 0. The molecule has 0 spiro atoms. The summed E-state index contributed by atoms with van der Waals surface area (Å²) in [7, 11) is 0. The molecule has 2 amide bonds. The predicted molar refractivity (Wildman–Crippen MR) is 99.8 cm³/mol. The van der Waals surface area contributed by atoms with Gasteiger partial charge in [0.15, 0.2) is 11.6 Å². The van der Waals surface area contributed by atoms with Crippen LogP contribution in [0.3, 0.4) is 0 Å². The van der Waals surface area contributed by atoms with E-state index in [1.54, 1.807) is 17.8 Å². The van der Waals surface area contributed by atoms with Crippen molar-refractivity contribution in [1.29, 1.82) is 0 Å². The smallest absolute Gasteiger partial charge is 0.324 e. The van der Waals surface area contributed by atoms with E-state index in [2.05, 4.69) is 6.07 Å². The van der Waals surface area contributed by atoms with E-state index in [9.17, 15) is 13.6 Å². The molecule has 1 saturated heterocycles. The van der Waals surface area contributed by atoms with E-state index in [1.807, 2.05) is 28.0 Å². The van der Waals surface area contributed by atoms with Crippen LogP contribution in [0.2, 0.25) is 0 Å². The van der Waals surface area contributed by atoms with Gasteiger partial charge < -0.3 is 4.90 Å². The van der Waals surface area contributed by atoms with Gasteiger partial charge in [-0.25, -0.2) is 13.6 Å². The lowest BCUT2D eigenvalue weighted by Crippen LogP contribution is -2.48. The fourth-order valence-electron chi connectivity index (χ4n) is 3.71. The van der Waals surface area contributed by atoms with Gasteiger partial charge in [-0.15, -0.1) is 11.8 Å². The normalized spacial score (nSPS) is 17.9. The summed E-state index contributed by atoms with van der Waals surface area (Å²) in [4.78, 5) is 17.9. The van der Waals surface area contributed by atoms with Gasteiger partial charge in [-0.1, -0.05) is 18.2 Å². The van der Waals surface area contributed by atoms with E-state index in [-0.39, 0.29) is 11.9 Å². The first kappa shape index (κ1) is 17.3. The maximum absolute atomic E-state index is 13.5. The quantitative estimate of drug-likeness (QED) is 0.710. The molecule has 3 nitrogen and oxygen atoms in total. The first-order chi connectivity index (χ1) is 12.6. The predicted octanol–water partition coefficient (Wildman–Crippen LogP) is 4.88. The molecule has 136 valence electrons. The maximum atomic E-state index is 13.5. The number of fused-ring (bicyclic) bond motifs is 1. The van der Waals surface area contributed by atoms with Crippen molar-refractivity contribution in [3.8, 4) is 0 Å². The third-order valence-electron chi connectivity index (χ3n) is 5.14. The van der Waals surface area contributed by atoms with Crippen LogP contribution in [0.25, 0.3) is 0 Å². The average Bonchev–Trinajstić information content (AvgIpc) is 2.69. The van der Waals surface area contributed by atoms with Crippen LogP contribution < -0.4 is 4.90 Å². The molecule has 0 aliphatic carbocycles. The minimum atomic E-state index is -0.817. The number of piperidine rings is 1. The van der Waals surface area contributed by atoms with Gasteiger partial charge in [-0.3, -0.25) is 4.90 Å². The largest absolute Gasteiger partial charge is 0.324 e. The molecule has 2 aromatic carbocycles. The van der Waals surface area contributed by atoms with Crippen LogP contribution in [0.5, 0.6) is 0 Å². The number of amides is 2. The Morgan fingerprint density at radius 1 is 1.00 bits per heavy atom. The second-order valence-electron chi connectivity index (χ2n) is 6.69. The third-order valence-corrected chi connectivity index (χ3v) is 6.18. The molecular formula is C20H20F2N2OS. The summed E-state index contributed by atoms with van der Waals surface area (Å²) in [6.07, 6.45) is 1.53. The Kier molecular flexibility index (Phi) is 4.85. The van der Waals surface area contributed by atoms with Crippen molar-refractivity contribution in [1.82, 2.24) is 4.90 Å². The molecule has 4 rings (SSSR count). The number of carbonyl (C=O) groups excluding carboxylic acids is 1. The number of nitrogens with zero attached hydrogens (tertiary/aromatic N) is 2. The summed E-state index contributed by atoms with van der Waals surface area (Å²) in [5.41, 5.74) is 1.80. The van der Waals surface area contributed by atoms with E-state index >= 15 is 0 Å². The van der Waals surface area contributed by atoms with Crippen LogP contribution in [0.4, 0.5) is 19.3 Å². The first-order valence-electron chi connectivity index (χ1n) is 8.86. The molecule has 2 aromatic rings. The number of likely N-dealkylation sites (tertiary alicyclic amines) is 1. The molecule has 0 bridgehead atoms. The molecule has 0 saturated carbocycles. The molecule has 2 aliphatic heterocycles. The van der Waals surface area contributed by atoms with Gasteiger partial charge in [0.1, 0.15) is 0 Å². The van der Waals surface area contributed by atoms with Gasteiger partial charge in [0.2, 0.25) is 0 Å². The Hall–Kier alpha value is -2.08. The second kappa shape index (κ2) is 7.27. The lowest BCUT2D eigenvalue weighted by Gasteiger charge is -2.37. The van der Waals surface area contributed by atoms with E-state index in [0.717, 1.165) is 34.7 Å². The standard InChI is InChI=1S/C20H20F2N2OS/c21-16-6-5-15(13-17(16)22)14-7-9-23(10-8-14)20(25)24-11-12-26-19-4-2-1-3-18(19)24/h1-6,13-14H,7-12H2. The summed E-state index contributed by atoms with van der Waals surface area (Å²) in [6, 6.07) is 12.2. The van der Waals surface area contributed by atoms with Crippen molar-refractivity contribution >= 4 is 23.5 Å². The SMILES string of the molecule is O=C(N1CCC(c2ccc(F)c(F)c2)CC1)N1CCSc2ccccc21. The van der Waals surface area contributed by atoms with Gasteiger partial charge in [0.05, 0.1) is 5.69 Å². The number of thioether (sulfide) groups is 1. The fraction of sp³-hybridized carbons (Fsp3) is 0.350. The van der Waals surface area contributed by atoms with Crippen LogP contribution in [0, 0.1) is 11.6 Å². The van der Waals surface area contributed by atoms with Crippen LogP contribution in [0.15, 0.2) is 47.4 Å². The van der Waals surface area contributed by atoms with Gasteiger partial charge >= 0.3 is 6.03 Å². The Morgan fingerprint density at radius 3 is 2.54 bits per heavy atom. The van der Waals surface area contributed by atoms with E-state index in [0.29, 0.717) is 19.6 Å². The van der Waals surface area contributed by atoms with E-state index in [4.69, 9.17) is 0 Å². The van der Waals surface area contributed by atoms with Crippen molar-refractivity contribution in [3.05, 3.63) is 59.7 Å². The third kappa shape index (κ3) is 3.30. The van der Waals surface area contributed by atoms with Crippen molar-refractivity contribution in [2.24, 2.45) is 0 Å². The van der Waals surface area contributed by atoms with Crippen molar-refractivity contribution in [3.63, 3.8) is 0 Å². The van der Waals surface area contributed by atoms with Crippen LogP contribution in [0.1, 0.15) is 24.3 Å². The Labute approximate surface area is 156 Å². The minimum absolute atomic E-state index is 0.0430. The topological polar surface area (TPSA) is 23.6 Å². The van der Waals surface area contributed by atoms with Crippen LogP contribution >= 0.6 is 11.8 Å². The fourth-order valence-corrected chi connectivity index (χ4v) is 4.70. The van der Waals surface area contributed by atoms with Crippen molar-refractivity contribution < 1.29 is 13.6 Å². The summed E-state index contributed by atoms with van der Waals surface area (Å²) < 4.78 is 26.6. The lowest BCUT2D eigenvalue weighted by atomic mass is 9.89. The van der Waals surface area contributed by atoms with Crippen molar-refractivity contribution in [2.45, 2.75) is 23.7 Å². The molecule has 2 aliphatic rings. The Balaban J connectivity index is 1.43. The number of urea groups is 1. The highest BCUT2D eigenvalue weighted by Crippen LogP contribution is 2.36. The number of anilines is 1. The maximum Gasteiger partial charge on any atom is 0.324 e. The number of carbonyl (C=O) groups is 1.